The molecule has 1 amide bonds. The average molecular weight is 319 g/mol. The molecule has 1 aromatic carbocycles. The molecule has 0 spiro atoms. The van der Waals surface area contributed by atoms with Crippen molar-refractivity contribution in [1.29, 1.82) is 0 Å². The molecule has 3 N–H and O–H groups in total. The van der Waals surface area contributed by atoms with Crippen LogP contribution in [-0.2, 0) is 16.0 Å². The number of nitrogens with zero attached hydrogens (tertiary/aromatic N) is 1. The first-order valence-corrected chi connectivity index (χ1v) is 8.51. The number of carbonyl (C=O) groups is 1. The molecular formula is C16H21N3O2S. The van der Waals surface area contributed by atoms with Gasteiger partial charge in [-0.2, -0.15) is 0 Å². The molecule has 0 radical (unpaired) electrons. The van der Waals surface area contributed by atoms with Crippen LogP contribution in [-0.4, -0.2) is 36.7 Å². The van der Waals surface area contributed by atoms with E-state index in [4.69, 9.17) is 10.5 Å². The highest BCUT2D eigenvalue weighted by Crippen LogP contribution is 2.21. The van der Waals surface area contributed by atoms with Crippen molar-refractivity contribution in [2.45, 2.75) is 25.3 Å². The molecule has 0 bridgehead atoms. The normalized spacial score (nSPS) is 17.5. The van der Waals surface area contributed by atoms with E-state index in [2.05, 4.69) is 16.4 Å². The third-order valence-corrected chi connectivity index (χ3v) is 5.15. The summed E-state index contributed by atoms with van der Waals surface area (Å²) in [5.74, 6) is 0.171. The van der Waals surface area contributed by atoms with Gasteiger partial charge in [0.25, 0.3) is 0 Å². The van der Waals surface area contributed by atoms with E-state index in [-0.39, 0.29) is 11.8 Å². The fourth-order valence-electron chi connectivity index (χ4n) is 2.73. The Kier molecular flexibility index (Phi) is 5.02. The molecule has 0 aliphatic carbocycles. The standard InChI is InChI=1S/C16H21N3O2S/c17-15(11-6-9-21-10-7-11)16(20)18-8-5-14-19-12-3-1-2-4-13(12)22-14/h1-4,11,15H,5-10,17H2,(H,18,20). The highest BCUT2D eigenvalue weighted by molar-refractivity contribution is 7.18. The van der Waals surface area contributed by atoms with Crippen LogP contribution < -0.4 is 11.1 Å². The van der Waals surface area contributed by atoms with E-state index in [0.717, 1.165) is 29.8 Å². The van der Waals surface area contributed by atoms with E-state index >= 15 is 0 Å². The summed E-state index contributed by atoms with van der Waals surface area (Å²) in [4.78, 5) is 16.7. The lowest BCUT2D eigenvalue weighted by atomic mass is 9.92. The Labute approximate surface area is 133 Å². The van der Waals surface area contributed by atoms with Gasteiger partial charge in [0.2, 0.25) is 5.91 Å². The molecule has 118 valence electrons. The van der Waals surface area contributed by atoms with Gasteiger partial charge in [0, 0.05) is 26.2 Å². The molecule has 1 unspecified atom stereocenters. The van der Waals surface area contributed by atoms with Gasteiger partial charge in [-0.1, -0.05) is 12.1 Å². The maximum Gasteiger partial charge on any atom is 0.237 e. The lowest BCUT2D eigenvalue weighted by Gasteiger charge is -2.26. The maximum atomic E-state index is 12.1. The zero-order valence-electron chi connectivity index (χ0n) is 12.5. The number of ether oxygens (including phenoxy) is 1. The van der Waals surface area contributed by atoms with Gasteiger partial charge in [-0.05, 0) is 30.9 Å². The lowest BCUT2D eigenvalue weighted by molar-refractivity contribution is -0.124. The van der Waals surface area contributed by atoms with Crippen molar-refractivity contribution < 1.29 is 9.53 Å². The number of nitrogens with two attached hydrogens (primary N) is 1. The van der Waals surface area contributed by atoms with E-state index in [1.165, 1.54) is 4.70 Å². The monoisotopic (exact) mass is 319 g/mol. The predicted molar refractivity (Wildman–Crippen MR) is 87.9 cm³/mol. The number of hydrogen-bond acceptors (Lipinski definition) is 5. The summed E-state index contributed by atoms with van der Waals surface area (Å²) in [5.41, 5.74) is 7.07. The van der Waals surface area contributed by atoms with E-state index in [1.54, 1.807) is 11.3 Å². The molecule has 1 aliphatic rings. The minimum atomic E-state index is -0.431. The SMILES string of the molecule is NC(C(=O)NCCc1nc2ccccc2s1)C1CCOCC1. The van der Waals surface area contributed by atoms with Crippen molar-refractivity contribution in [3.05, 3.63) is 29.3 Å². The molecule has 1 fully saturated rings. The Morgan fingerprint density at radius 1 is 1.41 bits per heavy atom. The Morgan fingerprint density at radius 2 is 2.18 bits per heavy atom. The van der Waals surface area contributed by atoms with E-state index < -0.39 is 6.04 Å². The van der Waals surface area contributed by atoms with Crippen LogP contribution in [0.4, 0.5) is 0 Å². The smallest absolute Gasteiger partial charge is 0.237 e. The molecule has 22 heavy (non-hydrogen) atoms. The van der Waals surface area contributed by atoms with Gasteiger partial charge < -0.3 is 15.8 Å². The summed E-state index contributed by atoms with van der Waals surface area (Å²) in [5, 5.41) is 3.98. The van der Waals surface area contributed by atoms with E-state index in [9.17, 15) is 4.79 Å². The van der Waals surface area contributed by atoms with Crippen LogP contribution in [0.2, 0.25) is 0 Å². The number of rotatable bonds is 5. The first-order valence-electron chi connectivity index (χ1n) is 7.69. The van der Waals surface area contributed by atoms with Crippen LogP contribution in [0.3, 0.4) is 0 Å². The third kappa shape index (κ3) is 3.63. The fraction of sp³-hybridized carbons (Fsp3) is 0.500. The van der Waals surface area contributed by atoms with E-state index in [1.807, 2.05) is 18.2 Å². The molecule has 1 saturated heterocycles. The first kappa shape index (κ1) is 15.4. The average Bonchev–Trinajstić information content (AvgIpc) is 2.97. The minimum Gasteiger partial charge on any atom is -0.381 e. The van der Waals surface area contributed by atoms with Crippen LogP contribution in [0, 0.1) is 5.92 Å². The maximum absolute atomic E-state index is 12.1. The quantitative estimate of drug-likeness (QED) is 0.879. The lowest BCUT2D eigenvalue weighted by Crippen LogP contribution is -2.47. The highest BCUT2D eigenvalue weighted by atomic mass is 32.1. The van der Waals surface area contributed by atoms with Crippen LogP contribution in [0.1, 0.15) is 17.8 Å². The zero-order valence-corrected chi connectivity index (χ0v) is 13.3. The van der Waals surface area contributed by atoms with Gasteiger partial charge in [-0.25, -0.2) is 4.98 Å². The number of aromatic nitrogens is 1. The van der Waals surface area contributed by atoms with Crippen LogP contribution >= 0.6 is 11.3 Å². The summed E-state index contributed by atoms with van der Waals surface area (Å²) in [6.07, 6.45) is 2.48. The molecule has 5 nitrogen and oxygen atoms in total. The van der Waals surface area contributed by atoms with Crippen molar-refractivity contribution in [1.82, 2.24) is 10.3 Å². The topological polar surface area (TPSA) is 77.2 Å². The van der Waals surface area contributed by atoms with Gasteiger partial charge in [-0.3, -0.25) is 4.79 Å². The number of amides is 1. The fourth-order valence-corrected chi connectivity index (χ4v) is 3.69. The molecule has 1 aromatic heterocycles. The summed E-state index contributed by atoms with van der Waals surface area (Å²) in [7, 11) is 0. The third-order valence-electron chi connectivity index (χ3n) is 4.05. The summed E-state index contributed by atoms with van der Waals surface area (Å²) in [6.45, 7) is 1.99. The molecule has 2 heterocycles. The molecule has 1 aliphatic heterocycles. The van der Waals surface area contributed by atoms with E-state index in [0.29, 0.717) is 19.8 Å². The van der Waals surface area contributed by atoms with Gasteiger partial charge in [0.1, 0.15) is 0 Å². The van der Waals surface area contributed by atoms with Crippen molar-refractivity contribution in [3.63, 3.8) is 0 Å². The first-order chi connectivity index (χ1) is 10.7. The van der Waals surface area contributed by atoms with Gasteiger partial charge >= 0.3 is 0 Å². The van der Waals surface area contributed by atoms with Crippen LogP contribution in [0.5, 0.6) is 0 Å². The Morgan fingerprint density at radius 3 is 2.95 bits per heavy atom. The second-order valence-electron chi connectivity index (χ2n) is 5.59. The summed E-state index contributed by atoms with van der Waals surface area (Å²) in [6, 6.07) is 7.64. The zero-order chi connectivity index (χ0) is 15.4. The van der Waals surface area contributed by atoms with Crippen LogP contribution in [0.25, 0.3) is 10.2 Å². The van der Waals surface area contributed by atoms with Crippen molar-refractivity contribution >= 4 is 27.5 Å². The summed E-state index contributed by atoms with van der Waals surface area (Å²) < 4.78 is 6.49. The number of benzene rings is 1. The Balaban J connectivity index is 1.48. The molecule has 2 aromatic rings. The molecule has 0 saturated carbocycles. The number of thiazole rings is 1. The Hall–Kier alpha value is -1.50. The van der Waals surface area contributed by atoms with Crippen LogP contribution in [0.15, 0.2) is 24.3 Å². The Bertz CT molecular complexity index is 604. The van der Waals surface area contributed by atoms with Crippen molar-refractivity contribution in [2.75, 3.05) is 19.8 Å². The molecule has 1 atom stereocenters. The number of nitrogens with one attached hydrogen (secondary N) is 1. The van der Waals surface area contributed by atoms with Gasteiger partial charge in [0.05, 0.1) is 21.3 Å². The number of hydrogen-bond donors (Lipinski definition) is 2. The van der Waals surface area contributed by atoms with Gasteiger partial charge in [-0.15, -0.1) is 11.3 Å². The molecule has 6 heteroatoms. The van der Waals surface area contributed by atoms with Gasteiger partial charge in [0.15, 0.2) is 0 Å². The molecule has 3 rings (SSSR count). The van der Waals surface area contributed by atoms with Crippen molar-refractivity contribution in [3.8, 4) is 0 Å². The number of carbonyl (C=O) groups excluding carboxylic acids is 1. The molecular weight excluding hydrogens is 298 g/mol. The second kappa shape index (κ2) is 7.17. The number of para-hydroxylation sites is 1. The van der Waals surface area contributed by atoms with Crippen molar-refractivity contribution in [2.24, 2.45) is 11.7 Å². The highest BCUT2D eigenvalue weighted by Gasteiger charge is 2.26. The largest absolute Gasteiger partial charge is 0.381 e. The number of fused-ring (bicyclic) bond motifs is 1. The minimum absolute atomic E-state index is 0.0620. The predicted octanol–water partition coefficient (Wildman–Crippen LogP) is 1.71. The second-order valence-corrected chi connectivity index (χ2v) is 6.71. The summed E-state index contributed by atoms with van der Waals surface area (Å²) >= 11 is 1.68.